The molecule has 190 valence electrons. The second-order valence-electron chi connectivity index (χ2n) is 8.85. The Morgan fingerprint density at radius 2 is 1.84 bits per heavy atom. The van der Waals surface area contributed by atoms with Crippen molar-refractivity contribution in [2.24, 2.45) is 0 Å². The first-order valence-electron chi connectivity index (χ1n) is 12.0. The molecule has 0 saturated carbocycles. The van der Waals surface area contributed by atoms with Crippen LogP contribution in [-0.4, -0.2) is 32.2 Å². The highest BCUT2D eigenvalue weighted by molar-refractivity contribution is 6.31. The first kappa shape index (κ1) is 25.2. The summed E-state index contributed by atoms with van der Waals surface area (Å²) >= 11 is 6.23. The number of carboxylic acid groups (broad SMARTS) is 1. The number of aryl methyl sites for hydroxylation is 1. The number of rotatable bonds is 8. The van der Waals surface area contributed by atoms with Crippen LogP contribution in [0, 0.1) is 6.92 Å². The Balaban J connectivity index is 1.39. The molecular formula is C30H24ClN3O4. The monoisotopic (exact) mass is 525 g/mol. The summed E-state index contributed by atoms with van der Waals surface area (Å²) in [4.78, 5) is 33.9. The van der Waals surface area contributed by atoms with Crippen molar-refractivity contribution < 1.29 is 14.6 Å². The average Bonchev–Trinajstić information content (AvgIpc) is 2.92. The van der Waals surface area contributed by atoms with Crippen LogP contribution in [0.5, 0.6) is 5.75 Å². The molecule has 0 atom stereocenters. The Labute approximate surface area is 224 Å². The summed E-state index contributed by atoms with van der Waals surface area (Å²) in [5.41, 5.74) is 3.81. The number of hydrogen-bond donors (Lipinski definition) is 1. The van der Waals surface area contributed by atoms with Crippen LogP contribution in [0.4, 0.5) is 0 Å². The molecule has 0 aliphatic heterocycles. The summed E-state index contributed by atoms with van der Waals surface area (Å²) in [5.74, 6) is 0.0806. The van der Waals surface area contributed by atoms with E-state index in [1.54, 1.807) is 60.2 Å². The minimum absolute atomic E-state index is 0.154. The van der Waals surface area contributed by atoms with Crippen LogP contribution in [0.1, 0.15) is 27.4 Å². The van der Waals surface area contributed by atoms with E-state index >= 15 is 0 Å². The maximum Gasteiger partial charge on any atom is 0.335 e. The number of nitrogens with zero attached hydrogens (tertiary/aromatic N) is 3. The number of benzene rings is 3. The normalized spacial score (nSPS) is 11.0. The van der Waals surface area contributed by atoms with Gasteiger partial charge in [-0.05, 0) is 54.4 Å². The van der Waals surface area contributed by atoms with E-state index in [2.05, 4.69) is 9.97 Å². The molecule has 0 bridgehead atoms. The van der Waals surface area contributed by atoms with Crippen LogP contribution in [0.2, 0.25) is 5.02 Å². The second-order valence-corrected chi connectivity index (χ2v) is 9.28. The van der Waals surface area contributed by atoms with Gasteiger partial charge in [-0.2, -0.15) is 0 Å². The maximum absolute atomic E-state index is 13.4. The fraction of sp³-hybridized carbons (Fsp3) is 0.133. The lowest BCUT2D eigenvalue weighted by Gasteiger charge is -2.15. The summed E-state index contributed by atoms with van der Waals surface area (Å²) in [6, 6.07) is 23.5. The van der Waals surface area contributed by atoms with E-state index < -0.39 is 5.97 Å². The third-order valence-electron chi connectivity index (χ3n) is 6.25. The van der Waals surface area contributed by atoms with Crippen molar-refractivity contribution in [2.45, 2.75) is 19.9 Å². The molecule has 2 aromatic heterocycles. The summed E-state index contributed by atoms with van der Waals surface area (Å²) in [5, 5.41) is 10.4. The molecule has 0 fully saturated rings. The minimum atomic E-state index is -1.02. The lowest BCUT2D eigenvalue weighted by atomic mass is 10.0. The van der Waals surface area contributed by atoms with Gasteiger partial charge in [0.25, 0.3) is 5.56 Å². The van der Waals surface area contributed by atoms with Gasteiger partial charge in [-0.1, -0.05) is 54.1 Å². The highest BCUT2D eigenvalue weighted by atomic mass is 35.5. The van der Waals surface area contributed by atoms with Crippen LogP contribution in [0.25, 0.3) is 22.0 Å². The maximum atomic E-state index is 13.4. The van der Waals surface area contributed by atoms with E-state index in [0.29, 0.717) is 45.0 Å². The van der Waals surface area contributed by atoms with Crippen molar-refractivity contribution in [1.82, 2.24) is 14.5 Å². The van der Waals surface area contributed by atoms with E-state index in [1.807, 2.05) is 30.3 Å². The molecule has 2 heterocycles. The van der Waals surface area contributed by atoms with E-state index in [4.69, 9.17) is 16.3 Å². The minimum Gasteiger partial charge on any atom is -0.491 e. The largest absolute Gasteiger partial charge is 0.491 e. The predicted octanol–water partition coefficient (Wildman–Crippen LogP) is 5.79. The third kappa shape index (κ3) is 5.43. The van der Waals surface area contributed by atoms with Crippen molar-refractivity contribution in [2.75, 3.05) is 6.61 Å². The lowest BCUT2D eigenvalue weighted by Crippen LogP contribution is -2.26. The standard InChI is InChI=1S/C30H24ClN3O4/c1-19-33-27-18-32-24(14-20-6-3-2-4-7-20)17-26(27)29(35)34(19)12-13-38-28-11-10-23(31)16-25(28)21-8-5-9-22(15-21)30(36)37/h2-11,15-18H,12-14H2,1H3,(H,36,37). The van der Waals surface area contributed by atoms with Crippen LogP contribution in [-0.2, 0) is 13.0 Å². The van der Waals surface area contributed by atoms with Gasteiger partial charge in [-0.25, -0.2) is 9.78 Å². The highest BCUT2D eigenvalue weighted by Crippen LogP contribution is 2.33. The number of aromatic nitrogens is 3. The van der Waals surface area contributed by atoms with Gasteiger partial charge in [0.05, 0.1) is 29.2 Å². The van der Waals surface area contributed by atoms with Crippen LogP contribution in [0.15, 0.2) is 89.9 Å². The van der Waals surface area contributed by atoms with Gasteiger partial charge in [-0.15, -0.1) is 0 Å². The summed E-state index contributed by atoms with van der Waals surface area (Å²) in [7, 11) is 0. The Bertz CT molecular complexity index is 1700. The molecule has 38 heavy (non-hydrogen) atoms. The number of pyridine rings is 1. The van der Waals surface area contributed by atoms with Gasteiger partial charge in [0.15, 0.2) is 0 Å². The van der Waals surface area contributed by atoms with E-state index in [9.17, 15) is 14.7 Å². The van der Waals surface area contributed by atoms with Crippen molar-refractivity contribution in [1.29, 1.82) is 0 Å². The summed E-state index contributed by atoms with van der Waals surface area (Å²) in [6.45, 7) is 2.26. The van der Waals surface area contributed by atoms with E-state index in [0.717, 1.165) is 11.3 Å². The van der Waals surface area contributed by atoms with Crippen LogP contribution >= 0.6 is 11.6 Å². The van der Waals surface area contributed by atoms with Gasteiger partial charge in [-0.3, -0.25) is 14.3 Å². The van der Waals surface area contributed by atoms with Gasteiger partial charge in [0, 0.05) is 22.7 Å². The van der Waals surface area contributed by atoms with Gasteiger partial charge in [0.2, 0.25) is 0 Å². The molecule has 5 rings (SSSR count). The average molecular weight is 526 g/mol. The number of aromatic carboxylic acids is 1. The number of ether oxygens (including phenoxy) is 1. The molecule has 7 nitrogen and oxygen atoms in total. The first-order valence-corrected chi connectivity index (χ1v) is 12.4. The number of carboxylic acids is 1. The zero-order valence-corrected chi connectivity index (χ0v) is 21.4. The molecule has 0 aliphatic rings. The smallest absolute Gasteiger partial charge is 0.335 e. The third-order valence-corrected chi connectivity index (χ3v) is 6.49. The fourth-order valence-electron chi connectivity index (χ4n) is 4.36. The summed E-state index contributed by atoms with van der Waals surface area (Å²) < 4.78 is 7.66. The van der Waals surface area contributed by atoms with Crippen molar-refractivity contribution >= 4 is 28.5 Å². The Kier molecular flexibility index (Phi) is 7.20. The molecule has 1 N–H and O–H groups in total. The van der Waals surface area contributed by atoms with E-state index in [1.165, 1.54) is 6.07 Å². The number of hydrogen-bond acceptors (Lipinski definition) is 5. The number of carbonyl (C=O) groups is 1. The molecule has 0 radical (unpaired) electrons. The Hall–Kier alpha value is -4.49. The van der Waals surface area contributed by atoms with Gasteiger partial charge >= 0.3 is 5.97 Å². The molecule has 3 aromatic carbocycles. The van der Waals surface area contributed by atoms with E-state index in [-0.39, 0.29) is 24.3 Å². The predicted molar refractivity (Wildman–Crippen MR) is 147 cm³/mol. The second kappa shape index (κ2) is 10.9. The Morgan fingerprint density at radius 3 is 2.63 bits per heavy atom. The SMILES string of the molecule is Cc1nc2cnc(Cc3ccccc3)cc2c(=O)n1CCOc1ccc(Cl)cc1-c1cccc(C(=O)O)c1. The van der Waals surface area contributed by atoms with Gasteiger partial charge < -0.3 is 9.84 Å². The molecular weight excluding hydrogens is 502 g/mol. The topological polar surface area (TPSA) is 94.3 Å². The molecule has 0 amide bonds. The van der Waals surface area contributed by atoms with Crippen molar-refractivity contribution in [3.8, 4) is 16.9 Å². The molecule has 0 spiro atoms. The molecule has 8 heteroatoms. The zero-order chi connectivity index (χ0) is 26.6. The van der Waals surface area contributed by atoms with Crippen LogP contribution < -0.4 is 10.3 Å². The highest BCUT2D eigenvalue weighted by Gasteiger charge is 2.13. The molecule has 0 saturated heterocycles. The Morgan fingerprint density at radius 1 is 1.03 bits per heavy atom. The zero-order valence-electron chi connectivity index (χ0n) is 20.6. The molecule has 0 unspecified atom stereocenters. The van der Waals surface area contributed by atoms with Crippen molar-refractivity contribution in [3.05, 3.63) is 123 Å². The van der Waals surface area contributed by atoms with Crippen molar-refractivity contribution in [3.63, 3.8) is 0 Å². The summed E-state index contributed by atoms with van der Waals surface area (Å²) in [6.07, 6.45) is 2.27. The quantitative estimate of drug-likeness (QED) is 0.275. The number of halogens is 1. The molecule has 0 aliphatic carbocycles. The first-order chi connectivity index (χ1) is 18.4. The lowest BCUT2D eigenvalue weighted by molar-refractivity contribution is 0.0697. The van der Waals surface area contributed by atoms with Crippen LogP contribution in [0.3, 0.4) is 0 Å². The number of fused-ring (bicyclic) bond motifs is 1. The fourth-order valence-corrected chi connectivity index (χ4v) is 4.54. The molecule has 5 aromatic rings. The van der Waals surface area contributed by atoms with Gasteiger partial charge in [0.1, 0.15) is 18.2 Å².